The maximum atomic E-state index is 12.5. The highest BCUT2D eigenvalue weighted by atomic mass is 16.1. The van der Waals surface area contributed by atoms with Crippen LogP contribution in [-0.4, -0.2) is 21.9 Å². The van der Waals surface area contributed by atoms with Crippen molar-refractivity contribution in [3.63, 3.8) is 0 Å². The Morgan fingerprint density at radius 3 is 2.54 bits per heavy atom. The first-order valence-electron chi connectivity index (χ1n) is 8.69. The highest BCUT2D eigenvalue weighted by Crippen LogP contribution is 2.36. The van der Waals surface area contributed by atoms with E-state index in [1.165, 1.54) is 5.56 Å². The van der Waals surface area contributed by atoms with Crippen LogP contribution in [0.1, 0.15) is 28.4 Å². The van der Waals surface area contributed by atoms with Crippen molar-refractivity contribution in [2.75, 3.05) is 10.2 Å². The summed E-state index contributed by atoms with van der Waals surface area (Å²) >= 11 is 0. The van der Waals surface area contributed by atoms with E-state index in [2.05, 4.69) is 45.3 Å². The van der Waals surface area contributed by atoms with E-state index in [0.717, 1.165) is 23.4 Å². The van der Waals surface area contributed by atoms with Crippen LogP contribution in [-0.2, 0) is 6.42 Å². The average molecular weight is 344 g/mol. The molecule has 1 aliphatic heterocycles. The van der Waals surface area contributed by atoms with Crippen LogP contribution in [0.5, 0.6) is 0 Å². The number of aromatic nitrogens is 2. The molecular weight excluding hydrogens is 324 g/mol. The highest BCUT2D eigenvalue weighted by Gasteiger charge is 2.28. The molecule has 5 heteroatoms. The molecule has 4 rings (SSSR count). The molecule has 1 aliphatic rings. The average Bonchev–Trinajstić information content (AvgIpc) is 2.99. The van der Waals surface area contributed by atoms with Gasteiger partial charge in [-0.1, -0.05) is 36.4 Å². The van der Waals surface area contributed by atoms with Gasteiger partial charge in [-0.2, -0.15) is 0 Å². The number of anilines is 3. The van der Waals surface area contributed by atoms with E-state index < -0.39 is 0 Å². The molecule has 2 heterocycles. The molecule has 1 N–H and O–H groups in total. The molecule has 0 aliphatic carbocycles. The minimum absolute atomic E-state index is 0.208. The molecule has 1 atom stereocenters. The van der Waals surface area contributed by atoms with Crippen molar-refractivity contribution in [1.82, 2.24) is 9.97 Å². The molecule has 3 aromatic rings. The Labute approximate surface area is 152 Å². The van der Waals surface area contributed by atoms with Gasteiger partial charge in [0.25, 0.3) is 5.91 Å². The standard InChI is InChI=1S/C21H20N4O/c1-14-7-3-5-9-18(14)24-20(26)17-12-22-21(23-13-17)25-15(2)11-16-8-4-6-10-19(16)25/h3-10,12-13,15H,11H2,1-2H3,(H,24,26). The van der Waals surface area contributed by atoms with Crippen LogP contribution < -0.4 is 10.2 Å². The maximum absolute atomic E-state index is 12.5. The van der Waals surface area contributed by atoms with Gasteiger partial charge >= 0.3 is 0 Å². The zero-order valence-electron chi connectivity index (χ0n) is 14.8. The number of amides is 1. The third-order valence-corrected chi connectivity index (χ3v) is 4.72. The molecule has 1 amide bonds. The number of hydrogen-bond acceptors (Lipinski definition) is 4. The first-order chi connectivity index (χ1) is 12.6. The summed E-state index contributed by atoms with van der Waals surface area (Å²) in [6.07, 6.45) is 4.14. The van der Waals surface area contributed by atoms with Gasteiger partial charge in [0.15, 0.2) is 0 Å². The molecule has 5 nitrogen and oxygen atoms in total. The lowest BCUT2D eigenvalue weighted by molar-refractivity contribution is 0.102. The van der Waals surface area contributed by atoms with Gasteiger partial charge in [0.1, 0.15) is 0 Å². The third-order valence-electron chi connectivity index (χ3n) is 4.72. The van der Waals surface area contributed by atoms with Crippen LogP contribution in [0, 0.1) is 6.92 Å². The Morgan fingerprint density at radius 2 is 1.77 bits per heavy atom. The summed E-state index contributed by atoms with van der Waals surface area (Å²) in [4.78, 5) is 23.5. The first-order valence-corrected chi connectivity index (χ1v) is 8.69. The van der Waals surface area contributed by atoms with Gasteiger partial charge in [0.2, 0.25) is 5.95 Å². The van der Waals surface area contributed by atoms with E-state index in [0.29, 0.717) is 17.6 Å². The van der Waals surface area contributed by atoms with E-state index >= 15 is 0 Å². The van der Waals surface area contributed by atoms with Gasteiger partial charge in [0.05, 0.1) is 5.56 Å². The molecule has 0 bridgehead atoms. The van der Waals surface area contributed by atoms with E-state index in [1.54, 1.807) is 12.4 Å². The smallest absolute Gasteiger partial charge is 0.258 e. The summed E-state index contributed by atoms with van der Waals surface area (Å²) in [7, 11) is 0. The number of nitrogens with zero attached hydrogens (tertiary/aromatic N) is 3. The number of carbonyl (C=O) groups is 1. The molecule has 1 aromatic heterocycles. The largest absolute Gasteiger partial charge is 0.322 e. The molecule has 0 spiro atoms. The van der Waals surface area contributed by atoms with Crippen LogP contribution in [0.15, 0.2) is 60.9 Å². The second-order valence-corrected chi connectivity index (χ2v) is 6.59. The van der Waals surface area contributed by atoms with E-state index in [-0.39, 0.29) is 5.91 Å². The van der Waals surface area contributed by atoms with Crippen LogP contribution in [0.4, 0.5) is 17.3 Å². The molecule has 2 aromatic carbocycles. The van der Waals surface area contributed by atoms with Crippen LogP contribution >= 0.6 is 0 Å². The predicted octanol–water partition coefficient (Wildman–Crippen LogP) is 4.12. The van der Waals surface area contributed by atoms with Gasteiger partial charge in [-0.15, -0.1) is 0 Å². The molecule has 1 unspecified atom stereocenters. The third kappa shape index (κ3) is 2.92. The van der Waals surface area contributed by atoms with Crippen molar-refractivity contribution in [2.45, 2.75) is 26.3 Å². The van der Waals surface area contributed by atoms with Gasteiger partial charge in [-0.3, -0.25) is 4.79 Å². The number of carbonyl (C=O) groups excluding carboxylic acids is 1. The minimum atomic E-state index is -0.208. The number of para-hydroxylation sites is 2. The Bertz CT molecular complexity index is 952. The number of hydrogen-bond donors (Lipinski definition) is 1. The van der Waals surface area contributed by atoms with Crippen molar-refractivity contribution < 1.29 is 4.79 Å². The Kier molecular flexibility index (Phi) is 4.13. The summed E-state index contributed by atoms with van der Waals surface area (Å²) in [6, 6.07) is 16.3. The van der Waals surface area contributed by atoms with Crippen molar-refractivity contribution in [3.8, 4) is 0 Å². The lowest BCUT2D eigenvalue weighted by atomic mass is 10.1. The van der Waals surface area contributed by atoms with Gasteiger partial charge in [0, 0.05) is 29.8 Å². The Hall–Kier alpha value is -3.21. The second kappa shape index (κ2) is 6.59. The minimum Gasteiger partial charge on any atom is -0.322 e. The quantitative estimate of drug-likeness (QED) is 0.776. The highest BCUT2D eigenvalue weighted by molar-refractivity contribution is 6.04. The summed E-state index contributed by atoms with van der Waals surface area (Å²) in [5.41, 5.74) is 4.68. The normalized spacial score (nSPS) is 15.6. The topological polar surface area (TPSA) is 58.1 Å². The number of aryl methyl sites for hydroxylation is 1. The first kappa shape index (κ1) is 16.3. The molecular formula is C21H20N4O. The Morgan fingerprint density at radius 1 is 1.08 bits per heavy atom. The van der Waals surface area contributed by atoms with Crippen molar-refractivity contribution in [2.24, 2.45) is 0 Å². The van der Waals surface area contributed by atoms with Crippen molar-refractivity contribution in [3.05, 3.63) is 77.6 Å². The fourth-order valence-corrected chi connectivity index (χ4v) is 3.34. The molecule has 0 radical (unpaired) electrons. The number of rotatable bonds is 3. The maximum Gasteiger partial charge on any atom is 0.258 e. The number of nitrogens with one attached hydrogen (secondary N) is 1. The molecule has 26 heavy (non-hydrogen) atoms. The van der Waals surface area contributed by atoms with Crippen molar-refractivity contribution >= 4 is 23.2 Å². The summed E-state index contributed by atoms with van der Waals surface area (Å²) < 4.78 is 0. The lowest BCUT2D eigenvalue weighted by Gasteiger charge is -2.22. The molecule has 0 saturated carbocycles. The van der Waals surface area contributed by atoms with Crippen LogP contribution in [0.25, 0.3) is 0 Å². The van der Waals surface area contributed by atoms with E-state index in [4.69, 9.17) is 0 Å². The zero-order valence-corrected chi connectivity index (χ0v) is 14.8. The van der Waals surface area contributed by atoms with Crippen molar-refractivity contribution in [1.29, 1.82) is 0 Å². The zero-order chi connectivity index (χ0) is 18.1. The molecule has 0 fully saturated rings. The predicted molar refractivity (Wildman–Crippen MR) is 103 cm³/mol. The fraction of sp³-hybridized carbons (Fsp3) is 0.190. The van der Waals surface area contributed by atoms with Gasteiger partial charge in [-0.05, 0) is 43.5 Å². The number of benzene rings is 2. The van der Waals surface area contributed by atoms with Crippen LogP contribution in [0.3, 0.4) is 0 Å². The summed E-state index contributed by atoms with van der Waals surface area (Å²) in [5, 5.41) is 2.91. The molecule has 130 valence electrons. The van der Waals surface area contributed by atoms with Gasteiger partial charge < -0.3 is 10.2 Å². The van der Waals surface area contributed by atoms with E-state index in [1.807, 2.05) is 37.3 Å². The fourth-order valence-electron chi connectivity index (χ4n) is 3.34. The SMILES string of the molecule is Cc1ccccc1NC(=O)c1cnc(N2c3ccccc3CC2C)nc1. The number of fused-ring (bicyclic) bond motifs is 1. The van der Waals surface area contributed by atoms with Crippen LogP contribution in [0.2, 0.25) is 0 Å². The lowest BCUT2D eigenvalue weighted by Crippen LogP contribution is -2.26. The summed E-state index contributed by atoms with van der Waals surface area (Å²) in [5.74, 6) is 0.413. The Balaban J connectivity index is 1.56. The monoisotopic (exact) mass is 344 g/mol. The van der Waals surface area contributed by atoms with E-state index in [9.17, 15) is 4.79 Å². The van der Waals surface area contributed by atoms with Gasteiger partial charge in [-0.25, -0.2) is 9.97 Å². The summed E-state index contributed by atoms with van der Waals surface area (Å²) in [6.45, 7) is 4.11. The molecule has 0 saturated heterocycles. The second-order valence-electron chi connectivity index (χ2n) is 6.59.